The van der Waals surface area contributed by atoms with Crippen LogP contribution in [0.15, 0.2) is 113 Å². The molecule has 44 heavy (non-hydrogen) atoms. The molecule has 4 rings (SSSR count). The molecule has 0 aromatic heterocycles. The molecule has 1 unspecified atom stereocenters. The Bertz CT molecular complexity index is 1680. The topological polar surface area (TPSA) is 126 Å². The lowest BCUT2D eigenvalue weighted by Gasteiger charge is -2.23. The molecule has 0 heterocycles. The largest absolute Gasteiger partial charge is 0.497 e. The highest BCUT2D eigenvalue weighted by Crippen LogP contribution is 2.26. The maximum absolute atomic E-state index is 13.5. The number of carbonyl (C=O) groups is 2. The molecule has 12 heteroatoms. The Morgan fingerprint density at radius 2 is 1.52 bits per heavy atom. The molecule has 10 nitrogen and oxygen atoms in total. The number of nitrogens with zero attached hydrogens (tertiary/aromatic N) is 2. The second kappa shape index (κ2) is 15.0. The molecule has 0 aliphatic rings. The Morgan fingerprint density at radius 3 is 2.16 bits per heavy atom. The molecule has 0 bridgehead atoms. The molecule has 0 aliphatic carbocycles. The lowest BCUT2D eigenvalue weighted by Crippen LogP contribution is -2.39. The molecule has 0 saturated heterocycles. The number of anilines is 1. The van der Waals surface area contributed by atoms with Crippen molar-refractivity contribution in [3.05, 3.63) is 119 Å². The number of rotatable bonds is 13. The van der Waals surface area contributed by atoms with E-state index in [9.17, 15) is 18.0 Å². The molecule has 228 valence electrons. The fraction of sp³-hybridized carbons (Fsp3) is 0.156. The second-order valence-electron chi connectivity index (χ2n) is 9.51. The van der Waals surface area contributed by atoms with E-state index in [1.807, 2.05) is 37.3 Å². The average molecular weight is 635 g/mol. The van der Waals surface area contributed by atoms with Crippen molar-refractivity contribution in [2.24, 2.45) is 5.10 Å². The van der Waals surface area contributed by atoms with Crippen molar-refractivity contribution in [2.45, 2.75) is 17.9 Å². The number of ether oxygens (including phenoxy) is 2. The Hall–Kier alpha value is -4.87. The highest BCUT2D eigenvalue weighted by Gasteiger charge is 2.27. The third-order valence-corrected chi connectivity index (χ3v) is 8.42. The first-order valence-corrected chi connectivity index (χ1v) is 15.3. The first-order chi connectivity index (χ1) is 21.2. The standard InChI is InChI=1S/C32H31ClN4O6S/c1-23(25-6-4-3-5-7-25)35-32(39)22-43-29-14-8-24(9-15-29)20-34-36-31(38)21-37(27-12-10-26(33)11-13-27)44(40,41)30-18-16-28(42-2)17-19-30/h3-20,23H,21-22H2,1-2H3,(H,35,39)(H,36,38)/b34-20+. The Kier molecular flexibility index (Phi) is 11.0. The van der Waals surface area contributed by atoms with Gasteiger partial charge in [0.15, 0.2) is 6.61 Å². The zero-order chi connectivity index (χ0) is 31.5. The fourth-order valence-corrected chi connectivity index (χ4v) is 5.60. The van der Waals surface area contributed by atoms with Crippen LogP contribution >= 0.6 is 11.6 Å². The average Bonchev–Trinajstić information content (AvgIpc) is 3.04. The molecule has 0 fully saturated rings. The number of amides is 2. The van der Waals surface area contributed by atoms with E-state index in [0.29, 0.717) is 22.1 Å². The summed E-state index contributed by atoms with van der Waals surface area (Å²) in [6.45, 7) is 1.21. The summed E-state index contributed by atoms with van der Waals surface area (Å²) in [6.07, 6.45) is 1.40. The minimum absolute atomic E-state index is 0.0185. The number of halogens is 1. The van der Waals surface area contributed by atoms with Gasteiger partial charge in [-0.05, 0) is 90.8 Å². The van der Waals surface area contributed by atoms with E-state index in [-0.39, 0.29) is 29.1 Å². The van der Waals surface area contributed by atoms with E-state index in [1.165, 1.54) is 61.9 Å². The highest BCUT2D eigenvalue weighted by molar-refractivity contribution is 7.92. The van der Waals surface area contributed by atoms with Crippen LogP contribution in [0.5, 0.6) is 11.5 Å². The lowest BCUT2D eigenvalue weighted by atomic mass is 10.1. The van der Waals surface area contributed by atoms with Gasteiger partial charge in [0.1, 0.15) is 18.0 Å². The Balaban J connectivity index is 1.33. The molecule has 1 atom stereocenters. The van der Waals surface area contributed by atoms with Crippen LogP contribution in [0.2, 0.25) is 5.02 Å². The zero-order valence-electron chi connectivity index (χ0n) is 24.0. The summed E-state index contributed by atoms with van der Waals surface area (Å²) in [5, 5.41) is 7.26. The van der Waals surface area contributed by atoms with Gasteiger partial charge in [0.25, 0.3) is 21.8 Å². The summed E-state index contributed by atoms with van der Waals surface area (Å²) in [5.74, 6) is 0.0593. The first kappa shape index (κ1) is 32.1. The molecular weight excluding hydrogens is 604 g/mol. The van der Waals surface area contributed by atoms with Gasteiger partial charge in [-0.1, -0.05) is 41.9 Å². The predicted molar refractivity (Wildman–Crippen MR) is 170 cm³/mol. The molecule has 0 aliphatic heterocycles. The number of nitrogens with one attached hydrogen (secondary N) is 2. The molecule has 2 amide bonds. The van der Waals surface area contributed by atoms with E-state index >= 15 is 0 Å². The van der Waals surface area contributed by atoms with Crippen molar-refractivity contribution in [3.8, 4) is 11.5 Å². The van der Waals surface area contributed by atoms with Crippen LogP contribution in [0.3, 0.4) is 0 Å². The van der Waals surface area contributed by atoms with Crippen molar-refractivity contribution >= 4 is 45.3 Å². The normalized spacial score (nSPS) is 11.9. The maximum atomic E-state index is 13.5. The van der Waals surface area contributed by atoms with E-state index in [1.54, 1.807) is 24.3 Å². The maximum Gasteiger partial charge on any atom is 0.264 e. The van der Waals surface area contributed by atoms with Crippen molar-refractivity contribution in [2.75, 3.05) is 24.6 Å². The summed E-state index contributed by atoms with van der Waals surface area (Å²) in [4.78, 5) is 25.1. The minimum Gasteiger partial charge on any atom is -0.497 e. The summed E-state index contributed by atoms with van der Waals surface area (Å²) < 4.78 is 38.6. The second-order valence-corrected chi connectivity index (χ2v) is 11.8. The van der Waals surface area contributed by atoms with E-state index in [4.69, 9.17) is 21.1 Å². The molecule has 0 saturated carbocycles. The SMILES string of the molecule is COc1ccc(S(=O)(=O)N(CC(=O)N/N=C/c2ccc(OCC(=O)NC(C)c3ccccc3)cc2)c2ccc(Cl)cc2)cc1. The summed E-state index contributed by atoms with van der Waals surface area (Å²) >= 11 is 5.99. The number of methoxy groups -OCH3 is 1. The van der Waals surface area contributed by atoms with E-state index < -0.39 is 22.5 Å². The number of sulfonamides is 1. The van der Waals surface area contributed by atoms with Gasteiger partial charge in [-0.3, -0.25) is 13.9 Å². The van der Waals surface area contributed by atoms with Crippen molar-refractivity contribution in [1.82, 2.24) is 10.7 Å². The van der Waals surface area contributed by atoms with Gasteiger partial charge < -0.3 is 14.8 Å². The lowest BCUT2D eigenvalue weighted by molar-refractivity contribution is -0.123. The molecule has 4 aromatic carbocycles. The molecule has 4 aromatic rings. The zero-order valence-corrected chi connectivity index (χ0v) is 25.6. The van der Waals surface area contributed by atoms with Crippen LogP contribution in [0.25, 0.3) is 0 Å². The number of benzene rings is 4. The van der Waals surface area contributed by atoms with Gasteiger partial charge >= 0.3 is 0 Å². The number of hydrazone groups is 1. The molecule has 2 N–H and O–H groups in total. The van der Waals surface area contributed by atoms with Crippen LogP contribution in [0.4, 0.5) is 5.69 Å². The predicted octanol–water partition coefficient (Wildman–Crippen LogP) is 4.95. The van der Waals surface area contributed by atoms with Gasteiger partial charge in [-0.2, -0.15) is 5.10 Å². The highest BCUT2D eigenvalue weighted by atomic mass is 35.5. The summed E-state index contributed by atoms with van der Waals surface area (Å²) in [7, 11) is -2.64. The van der Waals surface area contributed by atoms with Crippen LogP contribution < -0.4 is 24.5 Å². The number of carbonyl (C=O) groups excluding carboxylic acids is 2. The van der Waals surface area contributed by atoms with Crippen LogP contribution in [-0.2, 0) is 19.6 Å². The molecule has 0 spiro atoms. The summed E-state index contributed by atoms with van der Waals surface area (Å²) in [5.41, 5.74) is 4.25. The number of hydrogen-bond acceptors (Lipinski definition) is 7. The number of hydrogen-bond donors (Lipinski definition) is 2. The van der Waals surface area contributed by atoms with Gasteiger partial charge in [0, 0.05) is 5.02 Å². The monoisotopic (exact) mass is 634 g/mol. The van der Waals surface area contributed by atoms with E-state index in [0.717, 1.165) is 9.87 Å². The summed E-state index contributed by atoms with van der Waals surface area (Å²) in [6, 6.07) is 28.1. The van der Waals surface area contributed by atoms with Gasteiger partial charge in [0.05, 0.1) is 29.9 Å². The smallest absolute Gasteiger partial charge is 0.264 e. The van der Waals surface area contributed by atoms with Gasteiger partial charge in [-0.25, -0.2) is 13.8 Å². The van der Waals surface area contributed by atoms with Crippen LogP contribution in [0.1, 0.15) is 24.1 Å². The van der Waals surface area contributed by atoms with Crippen molar-refractivity contribution in [3.63, 3.8) is 0 Å². The van der Waals surface area contributed by atoms with Crippen molar-refractivity contribution in [1.29, 1.82) is 0 Å². The van der Waals surface area contributed by atoms with Gasteiger partial charge in [0.2, 0.25) is 0 Å². The Labute approximate surface area is 261 Å². The third kappa shape index (κ3) is 8.82. The van der Waals surface area contributed by atoms with Crippen LogP contribution in [0, 0.1) is 0 Å². The van der Waals surface area contributed by atoms with Gasteiger partial charge in [-0.15, -0.1) is 0 Å². The Morgan fingerprint density at radius 1 is 0.886 bits per heavy atom. The third-order valence-electron chi connectivity index (χ3n) is 6.38. The quantitative estimate of drug-likeness (QED) is 0.158. The fourth-order valence-electron chi connectivity index (χ4n) is 4.05. The van der Waals surface area contributed by atoms with Crippen molar-refractivity contribution < 1.29 is 27.5 Å². The molecular formula is C32H31ClN4O6S. The molecule has 0 radical (unpaired) electrons. The first-order valence-electron chi connectivity index (χ1n) is 13.5. The van der Waals surface area contributed by atoms with E-state index in [2.05, 4.69) is 15.8 Å². The minimum atomic E-state index is -4.12. The van der Waals surface area contributed by atoms with Crippen LogP contribution in [-0.4, -0.2) is 46.7 Å².